The zero-order chi connectivity index (χ0) is 17.7. The Kier molecular flexibility index (Phi) is 6.67. The minimum absolute atomic E-state index is 0.0408. The van der Waals surface area contributed by atoms with Crippen LogP contribution in [0.2, 0.25) is 0 Å². The van der Waals surface area contributed by atoms with E-state index in [4.69, 9.17) is 9.84 Å². The lowest BCUT2D eigenvalue weighted by atomic mass is 9.75. The molecule has 0 saturated carbocycles. The van der Waals surface area contributed by atoms with E-state index in [9.17, 15) is 4.79 Å². The molecule has 0 aromatic heterocycles. The number of aliphatic carboxylic acids is 1. The summed E-state index contributed by atoms with van der Waals surface area (Å²) in [5.74, 6) is -0.249. The molecule has 1 N–H and O–H groups in total. The predicted molar refractivity (Wildman–Crippen MR) is 95.4 cm³/mol. The van der Waals surface area contributed by atoms with Gasteiger partial charge in [-0.3, -0.25) is 0 Å². The molecule has 0 bridgehead atoms. The van der Waals surface area contributed by atoms with Crippen molar-refractivity contribution < 1.29 is 14.6 Å². The van der Waals surface area contributed by atoms with Crippen LogP contribution in [0.25, 0.3) is 0 Å². The van der Waals surface area contributed by atoms with Crippen molar-refractivity contribution in [2.45, 2.75) is 78.1 Å². The van der Waals surface area contributed by atoms with Crippen LogP contribution in [0.5, 0.6) is 5.75 Å². The maximum Gasteiger partial charge on any atom is 0.341 e. The van der Waals surface area contributed by atoms with E-state index in [1.807, 2.05) is 6.07 Å². The number of carboxylic acid groups (broad SMARTS) is 1. The lowest BCUT2D eigenvalue weighted by molar-refractivity contribution is -0.139. The summed E-state index contributed by atoms with van der Waals surface area (Å²) in [5.41, 5.74) is 2.47. The quantitative estimate of drug-likeness (QED) is 0.671. The summed E-state index contributed by atoms with van der Waals surface area (Å²) >= 11 is 0. The van der Waals surface area contributed by atoms with Crippen LogP contribution in [-0.2, 0) is 15.6 Å². The molecular weight excluding hydrogens is 288 g/mol. The van der Waals surface area contributed by atoms with Crippen molar-refractivity contribution in [1.82, 2.24) is 0 Å². The number of ether oxygens (including phenoxy) is 1. The van der Waals surface area contributed by atoms with E-state index in [1.165, 1.54) is 5.56 Å². The van der Waals surface area contributed by atoms with Gasteiger partial charge in [0.15, 0.2) is 6.61 Å². The molecule has 130 valence electrons. The number of benzene rings is 1. The summed E-state index contributed by atoms with van der Waals surface area (Å²) in [4.78, 5) is 10.8. The van der Waals surface area contributed by atoms with Gasteiger partial charge < -0.3 is 9.84 Å². The first kappa shape index (κ1) is 19.5. The van der Waals surface area contributed by atoms with Crippen LogP contribution in [0.1, 0.15) is 78.4 Å². The van der Waals surface area contributed by atoms with Crippen LogP contribution >= 0.6 is 0 Å². The van der Waals surface area contributed by atoms with E-state index in [2.05, 4.69) is 53.7 Å². The number of hydrogen-bond acceptors (Lipinski definition) is 2. The average Bonchev–Trinajstić information content (AvgIpc) is 2.44. The fourth-order valence-electron chi connectivity index (χ4n) is 3.27. The monoisotopic (exact) mass is 320 g/mol. The Morgan fingerprint density at radius 2 is 1.61 bits per heavy atom. The molecule has 1 aromatic carbocycles. The molecule has 0 aliphatic heterocycles. The first-order valence-corrected chi connectivity index (χ1v) is 8.63. The molecular formula is C20H32O3. The largest absolute Gasteiger partial charge is 0.482 e. The molecule has 0 aliphatic rings. The zero-order valence-corrected chi connectivity index (χ0v) is 15.5. The van der Waals surface area contributed by atoms with Crippen LogP contribution in [0.3, 0.4) is 0 Å². The lowest BCUT2D eigenvalue weighted by Crippen LogP contribution is -2.23. The SMILES string of the molecule is CCCC(C)(C)c1ccc(OCC(=O)O)c(C(C)(C)CCC)c1. The third-order valence-electron chi connectivity index (χ3n) is 4.59. The fraction of sp³-hybridized carbons (Fsp3) is 0.650. The third-order valence-corrected chi connectivity index (χ3v) is 4.59. The highest BCUT2D eigenvalue weighted by Gasteiger charge is 2.27. The van der Waals surface area contributed by atoms with E-state index in [1.54, 1.807) is 0 Å². The van der Waals surface area contributed by atoms with E-state index >= 15 is 0 Å². The molecule has 1 aromatic rings. The van der Waals surface area contributed by atoms with E-state index in [-0.39, 0.29) is 17.4 Å². The second kappa shape index (κ2) is 7.85. The summed E-state index contributed by atoms with van der Waals surface area (Å²) in [6, 6.07) is 6.25. The standard InChI is InChI=1S/C20H32O3/c1-7-11-19(3,4)15-9-10-17(23-14-18(21)22)16(13-15)20(5,6)12-8-2/h9-10,13H,7-8,11-12,14H2,1-6H3,(H,21,22). The Balaban J connectivity index is 3.29. The molecule has 23 heavy (non-hydrogen) atoms. The highest BCUT2D eigenvalue weighted by molar-refractivity contribution is 5.68. The molecule has 0 radical (unpaired) electrons. The first-order valence-electron chi connectivity index (χ1n) is 8.63. The highest BCUT2D eigenvalue weighted by Crippen LogP contribution is 2.39. The van der Waals surface area contributed by atoms with Crippen LogP contribution in [0.15, 0.2) is 18.2 Å². The number of carbonyl (C=O) groups is 1. The molecule has 3 nitrogen and oxygen atoms in total. The predicted octanol–water partition coefficient (Wildman–Crippen LogP) is 5.31. The smallest absolute Gasteiger partial charge is 0.341 e. The Morgan fingerprint density at radius 3 is 2.13 bits per heavy atom. The molecule has 0 spiro atoms. The third kappa shape index (κ3) is 5.26. The number of rotatable bonds is 9. The molecule has 0 atom stereocenters. The molecule has 0 unspecified atom stereocenters. The number of hydrogen-bond donors (Lipinski definition) is 1. The van der Waals surface area contributed by atoms with Gasteiger partial charge >= 0.3 is 5.97 Å². The molecule has 3 heteroatoms. The second-order valence-corrected chi connectivity index (χ2v) is 7.66. The molecule has 0 fully saturated rings. The van der Waals surface area contributed by atoms with Crippen LogP contribution in [0, 0.1) is 0 Å². The van der Waals surface area contributed by atoms with Gasteiger partial charge in [0.05, 0.1) is 0 Å². The van der Waals surface area contributed by atoms with Crippen molar-refractivity contribution in [2.75, 3.05) is 6.61 Å². The van der Waals surface area contributed by atoms with Gasteiger partial charge in [-0.15, -0.1) is 0 Å². The van der Waals surface area contributed by atoms with Crippen molar-refractivity contribution in [2.24, 2.45) is 0 Å². The van der Waals surface area contributed by atoms with Crippen molar-refractivity contribution >= 4 is 5.97 Å². The Morgan fingerprint density at radius 1 is 1.04 bits per heavy atom. The van der Waals surface area contributed by atoms with Crippen LogP contribution < -0.4 is 4.74 Å². The minimum Gasteiger partial charge on any atom is -0.482 e. The summed E-state index contributed by atoms with van der Waals surface area (Å²) < 4.78 is 5.56. The van der Waals surface area contributed by atoms with Crippen molar-refractivity contribution in [3.63, 3.8) is 0 Å². The van der Waals surface area contributed by atoms with Crippen molar-refractivity contribution in [3.05, 3.63) is 29.3 Å². The molecule has 0 aliphatic carbocycles. The summed E-state index contributed by atoms with van der Waals surface area (Å²) in [5, 5.41) is 8.90. The normalized spacial score (nSPS) is 12.3. The number of carboxylic acids is 1. The maximum absolute atomic E-state index is 10.8. The van der Waals surface area contributed by atoms with Crippen molar-refractivity contribution in [3.8, 4) is 5.75 Å². The van der Waals surface area contributed by atoms with E-state index in [0.717, 1.165) is 31.2 Å². The second-order valence-electron chi connectivity index (χ2n) is 7.66. The van der Waals surface area contributed by atoms with Gasteiger partial charge in [0.25, 0.3) is 0 Å². The molecule has 1 rings (SSSR count). The lowest BCUT2D eigenvalue weighted by Gasteiger charge is -2.31. The Labute approximate surface area is 141 Å². The Hall–Kier alpha value is -1.51. The van der Waals surface area contributed by atoms with Gasteiger partial charge in [-0.05, 0) is 35.3 Å². The Bertz CT molecular complexity index is 530. The van der Waals surface area contributed by atoms with Gasteiger partial charge in [0.1, 0.15) is 5.75 Å². The van der Waals surface area contributed by atoms with Gasteiger partial charge in [0.2, 0.25) is 0 Å². The minimum atomic E-state index is -0.945. The van der Waals surface area contributed by atoms with Crippen LogP contribution in [0.4, 0.5) is 0 Å². The highest BCUT2D eigenvalue weighted by atomic mass is 16.5. The zero-order valence-electron chi connectivity index (χ0n) is 15.5. The maximum atomic E-state index is 10.8. The van der Waals surface area contributed by atoms with Gasteiger partial charge in [-0.25, -0.2) is 4.79 Å². The van der Waals surface area contributed by atoms with Crippen molar-refractivity contribution in [1.29, 1.82) is 0 Å². The summed E-state index contributed by atoms with van der Waals surface area (Å²) in [6.45, 7) is 13.0. The van der Waals surface area contributed by atoms with E-state index in [0.29, 0.717) is 5.75 Å². The molecule has 0 heterocycles. The average molecular weight is 320 g/mol. The summed E-state index contributed by atoms with van der Waals surface area (Å²) in [7, 11) is 0. The topological polar surface area (TPSA) is 46.5 Å². The molecule has 0 saturated heterocycles. The van der Waals surface area contributed by atoms with Gasteiger partial charge in [0, 0.05) is 5.56 Å². The van der Waals surface area contributed by atoms with Crippen LogP contribution in [-0.4, -0.2) is 17.7 Å². The first-order chi connectivity index (χ1) is 10.6. The van der Waals surface area contributed by atoms with E-state index < -0.39 is 5.97 Å². The van der Waals surface area contributed by atoms with Gasteiger partial charge in [-0.1, -0.05) is 66.5 Å². The van der Waals surface area contributed by atoms with Gasteiger partial charge in [-0.2, -0.15) is 0 Å². The molecule has 0 amide bonds. The fourth-order valence-corrected chi connectivity index (χ4v) is 3.27. The summed E-state index contributed by atoms with van der Waals surface area (Å²) in [6.07, 6.45) is 4.37.